The maximum absolute atomic E-state index is 14.7. The summed E-state index contributed by atoms with van der Waals surface area (Å²) in [6, 6.07) is 0. The summed E-state index contributed by atoms with van der Waals surface area (Å²) in [5.41, 5.74) is -0.780. The zero-order chi connectivity index (χ0) is 20.8. The quantitative estimate of drug-likeness (QED) is 0.591. The van der Waals surface area contributed by atoms with Gasteiger partial charge in [-0.15, -0.1) is 0 Å². The second-order valence-corrected chi connectivity index (χ2v) is 15.2. The predicted molar refractivity (Wildman–Crippen MR) is 115 cm³/mol. The molecule has 0 aromatic rings. The van der Waals surface area contributed by atoms with Crippen molar-refractivity contribution in [2.24, 2.45) is 23.2 Å². The van der Waals surface area contributed by atoms with E-state index in [1.165, 1.54) is 19.3 Å². The van der Waals surface area contributed by atoms with Crippen LogP contribution in [0.1, 0.15) is 93.4 Å². The van der Waals surface area contributed by atoms with E-state index in [0.717, 1.165) is 37.0 Å². The van der Waals surface area contributed by atoms with E-state index in [4.69, 9.17) is 4.52 Å². The molecule has 5 rings (SSSR count). The molecule has 28 heavy (non-hydrogen) atoms. The molecule has 0 unspecified atom stereocenters. The highest BCUT2D eigenvalue weighted by atomic mass is 31.2. The van der Waals surface area contributed by atoms with Crippen LogP contribution in [0, 0.1) is 23.2 Å². The van der Waals surface area contributed by atoms with Crippen LogP contribution < -0.4 is 0 Å². The van der Waals surface area contributed by atoms with Gasteiger partial charge in [-0.25, -0.2) is 4.67 Å². The number of aliphatic hydroxyl groups is 1. The van der Waals surface area contributed by atoms with E-state index in [9.17, 15) is 9.67 Å². The maximum Gasteiger partial charge on any atom is 0.281 e. The summed E-state index contributed by atoms with van der Waals surface area (Å²) in [6.07, 6.45) is 7.52. The van der Waals surface area contributed by atoms with Crippen molar-refractivity contribution in [1.82, 2.24) is 4.67 Å². The molecule has 4 nitrogen and oxygen atoms in total. The first-order chi connectivity index (χ1) is 12.7. The molecule has 4 bridgehead atoms. The molecule has 0 radical (unpaired) electrons. The highest BCUT2D eigenvalue weighted by Crippen LogP contribution is 2.75. The first kappa shape index (κ1) is 21.3. The lowest BCUT2D eigenvalue weighted by Crippen LogP contribution is -2.59. The minimum Gasteiger partial charge on any atom is -0.391 e. The van der Waals surface area contributed by atoms with Crippen LogP contribution >= 0.6 is 7.52 Å². The van der Waals surface area contributed by atoms with Crippen LogP contribution in [-0.4, -0.2) is 38.7 Å². The summed E-state index contributed by atoms with van der Waals surface area (Å²) >= 11 is 0. The van der Waals surface area contributed by atoms with Crippen molar-refractivity contribution in [3.63, 3.8) is 0 Å². The SMILES string of the molecule is CC[C@@](C)([C@H](O)C12CC3CC(CC(C3)C1)C2)[P@@]1(=O)OC(C)(C)CN1C(C)(C)C. The summed E-state index contributed by atoms with van der Waals surface area (Å²) in [5.74, 6) is 2.30. The lowest BCUT2D eigenvalue weighted by Gasteiger charge is -2.61. The van der Waals surface area contributed by atoms with Crippen LogP contribution in [0.2, 0.25) is 0 Å². The normalized spacial score (nSPS) is 45.9. The monoisotopic (exact) mass is 411 g/mol. The van der Waals surface area contributed by atoms with Crippen LogP contribution in [0.3, 0.4) is 0 Å². The van der Waals surface area contributed by atoms with E-state index in [-0.39, 0.29) is 11.0 Å². The fourth-order valence-electron chi connectivity index (χ4n) is 7.60. The summed E-state index contributed by atoms with van der Waals surface area (Å²) in [6.45, 7) is 15.3. The Balaban J connectivity index is 1.74. The van der Waals surface area contributed by atoms with Crippen molar-refractivity contribution in [1.29, 1.82) is 0 Å². The van der Waals surface area contributed by atoms with E-state index in [0.29, 0.717) is 13.0 Å². The Bertz CT molecular complexity index is 647. The molecule has 5 aliphatic rings. The average Bonchev–Trinajstić information content (AvgIpc) is 2.83. The fourth-order valence-corrected chi connectivity index (χ4v) is 11.5. The Hall–Kier alpha value is 0.110. The lowest BCUT2D eigenvalue weighted by molar-refractivity contribution is -0.133. The third-order valence-corrected chi connectivity index (χ3v) is 12.6. The molecule has 5 heteroatoms. The van der Waals surface area contributed by atoms with Crippen molar-refractivity contribution in [3.8, 4) is 0 Å². The van der Waals surface area contributed by atoms with Crippen LogP contribution in [0.4, 0.5) is 0 Å². The second kappa shape index (κ2) is 6.31. The van der Waals surface area contributed by atoms with Crippen molar-refractivity contribution in [2.75, 3.05) is 6.54 Å². The summed E-state index contributed by atoms with van der Waals surface area (Å²) < 4.78 is 23.3. The first-order valence-electron chi connectivity index (χ1n) is 11.5. The Morgan fingerprint density at radius 2 is 1.54 bits per heavy atom. The largest absolute Gasteiger partial charge is 0.391 e. The highest BCUT2D eigenvalue weighted by Gasteiger charge is 2.67. The lowest BCUT2D eigenvalue weighted by atomic mass is 9.47. The molecule has 4 saturated carbocycles. The van der Waals surface area contributed by atoms with Gasteiger partial charge in [-0.2, -0.15) is 0 Å². The van der Waals surface area contributed by atoms with Gasteiger partial charge in [0.1, 0.15) is 0 Å². The van der Waals surface area contributed by atoms with Crippen molar-refractivity contribution >= 4 is 7.52 Å². The van der Waals surface area contributed by atoms with E-state index in [2.05, 4.69) is 39.3 Å². The van der Waals surface area contributed by atoms with E-state index in [1.807, 2.05) is 13.8 Å². The number of hydrogen-bond acceptors (Lipinski definition) is 3. The van der Waals surface area contributed by atoms with Crippen LogP contribution in [0.5, 0.6) is 0 Å². The second-order valence-electron chi connectivity index (χ2n) is 12.5. The van der Waals surface area contributed by atoms with Crippen molar-refractivity contribution in [3.05, 3.63) is 0 Å². The fraction of sp³-hybridized carbons (Fsp3) is 1.00. The van der Waals surface area contributed by atoms with E-state index in [1.54, 1.807) is 0 Å². The van der Waals surface area contributed by atoms with Gasteiger partial charge in [0.25, 0.3) is 7.52 Å². The Morgan fingerprint density at radius 3 is 1.93 bits per heavy atom. The smallest absolute Gasteiger partial charge is 0.281 e. The molecule has 1 aliphatic heterocycles. The van der Waals surface area contributed by atoms with Crippen molar-refractivity contribution in [2.45, 2.75) is 116 Å². The molecule has 162 valence electrons. The summed E-state index contributed by atoms with van der Waals surface area (Å²) in [5, 5.41) is 11.3. The van der Waals surface area contributed by atoms with Gasteiger partial charge >= 0.3 is 0 Å². The zero-order valence-electron chi connectivity index (χ0n) is 19.1. The molecule has 3 atom stereocenters. The van der Waals surface area contributed by atoms with Gasteiger partial charge in [0.15, 0.2) is 0 Å². The molecule has 4 aliphatic carbocycles. The first-order valence-corrected chi connectivity index (χ1v) is 13.1. The number of rotatable bonds is 4. The highest BCUT2D eigenvalue weighted by molar-refractivity contribution is 7.58. The molecule has 1 heterocycles. The van der Waals surface area contributed by atoms with E-state index < -0.39 is 24.4 Å². The van der Waals surface area contributed by atoms with Crippen LogP contribution in [0.15, 0.2) is 0 Å². The Kier molecular flexibility index (Phi) is 4.81. The summed E-state index contributed by atoms with van der Waals surface area (Å²) in [7, 11) is -3.24. The third kappa shape index (κ3) is 3.00. The predicted octanol–water partition coefficient (Wildman–Crippen LogP) is 5.83. The Labute approximate surface area is 172 Å². The number of nitrogens with zero attached hydrogens (tertiary/aromatic N) is 1. The topological polar surface area (TPSA) is 49.8 Å². The molecule has 0 amide bonds. The molecule has 0 spiro atoms. The zero-order valence-corrected chi connectivity index (χ0v) is 20.0. The van der Waals surface area contributed by atoms with Gasteiger partial charge in [-0.1, -0.05) is 6.92 Å². The molecular formula is C23H42NO3P. The molecule has 1 N–H and O–H groups in total. The van der Waals surface area contributed by atoms with E-state index >= 15 is 0 Å². The van der Waals surface area contributed by atoms with Gasteiger partial charge in [-0.05, 0) is 110 Å². The minimum absolute atomic E-state index is 0.0590. The van der Waals surface area contributed by atoms with Gasteiger partial charge in [0.05, 0.1) is 16.9 Å². The molecule has 1 saturated heterocycles. The van der Waals surface area contributed by atoms with Gasteiger partial charge in [-0.3, -0.25) is 4.57 Å². The number of aliphatic hydroxyl groups excluding tert-OH is 1. The van der Waals surface area contributed by atoms with Crippen molar-refractivity contribution < 1.29 is 14.2 Å². The maximum atomic E-state index is 14.7. The molecular weight excluding hydrogens is 369 g/mol. The average molecular weight is 412 g/mol. The third-order valence-electron chi connectivity index (χ3n) is 8.61. The summed E-state index contributed by atoms with van der Waals surface area (Å²) in [4.78, 5) is 0. The van der Waals surface area contributed by atoms with Crippen LogP contribution in [-0.2, 0) is 9.09 Å². The minimum atomic E-state index is -3.24. The Morgan fingerprint density at radius 1 is 1.07 bits per heavy atom. The van der Waals surface area contributed by atoms with Gasteiger partial charge in [0, 0.05) is 12.1 Å². The molecule has 0 aromatic carbocycles. The van der Waals surface area contributed by atoms with Gasteiger partial charge < -0.3 is 9.63 Å². The van der Waals surface area contributed by atoms with Gasteiger partial charge in [0.2, 0.25) is 0 Å². The number of hydrogen-bond donors (Lipinski definition) is 1. The van der Waals surface area contributed by atoms with Crippen LogP contribution in [0.25, 0.3) is 0 Å². The standard InChI is InChI=1S/C23H42NO3P/c1-8-22(7,28(26)24(20(2,3)4)15-21(5,6)27-28)19(25)23-12-16-9-17(13-23)11-18(10-16)14-23/h16-19,25H,8-15H2,1-7H3/t16?,17?,18?,19-,22-,23?,28+/m0/s1. The molecule has 0 aromatic heterocycles. The molecule has 5 fully saturated rings.